The van der Waals surface area contributed by atoms with Crippen LogP contribution >= 0.6 is 0 Å². The van der Waals surface area contributed by atoms with Crippen molar-refractivity contribution in [2.45, 2.75) is 45.4 Å². The zero-order valence-electron chi connectivity index (χ0n) is 14.3. The fourth-order valence-corrected chi connectivity index (χ4v) is 3.91. The molecule has 0 unspecified atom stereocenters. The highest BCUT2D eigenvalue weighted by atomic mass is 32.2. The molecule has 0 spiro atoms. The van der Waals surface area contributed by atoms with E-state index in [-0.39, 0.29) is 10.8 Å². The number of nitrogens with two attached hydrogens (primary N) is 1. The fourth-order valence-electron chi connectivity index (χ4n) is 3.29. The average Bonchev–Trinajstić information content (AvgIpc) is 2.60. The van der Waals surface area contributed by atoms with Crippen molar-refractivity contribution >= 4 is 15.9 Å². The predicted molar refractivity (Wildman–Crippen MR) is 90.8 cm³/mol. The molecule has 1 fully saturated rings. The molecule has 128 valence electrons. The van der Waals surface area contributed by atoms with Crippen LogP contribution in [-0.4, -0.2) is 32.3 Å². The molecule has 1 aliphatic heterocycles. The van der Waals surface area contributed by atoms with Gasteiger partial charge >= 0.3 is 0 Å². The molecular weight excluding hydrogens is 312 g/mol. The summed E-state index contributed by atoms with van der Waals surface area (Å²) in [7, 11) is -3.83. The number of hydrogen-bond acceptors (Lipinski definition) is 3. The van der Waals surface area contributed by atoms with E-state index < -0.39 is 10.0 Å². The summed E-state index contributed by atoms with van der Waals surface area (Å²) < 4.78 is 23.3. The van der Waals surface area contributed by atoms with Crippen molar-refractivity contribution in [1.29, 1.82) is 0 Å². The number of benzene rings is 1. The maximum absolute atomic E-state index is 12.9. The Balaban J connectivity index is 2.40. The summed E-state index contributed by atoms with van der Waals surface area (Å²) >= 11 is 0. The number of amides is 1. The average molecular weight is 338 g/mol. The summed E-state index contributed by atoms with van der Waals surface area (Å²) in [5, 5.41) is 5.24. The molecule has 1 amide bonds. The van der Waals surface area contributed by atoms with Crippen LogP contribution in [0.1, 0.15) is 48.2 Å². The molecule has 1 aromatic rings. The lowest BCUT2D eigenvalue weighted by atomic mass is 9.97. The number of sulfonamides is 1. The van der Waals surface area contributed by atoms with Gasteiger partial charge in [0, 0.05) is 18.7 Å². The van der Waals surface area contributed by atoms with E-state index in [4.69, 9.17) is 5.14 Å². The first-order chi connectivity index (χ1) is 10.6. The summed E-state index contributed by atoms with van der Waals surface area (Å²) in [4.78, 5) is 14.8. The summed E-state index contributed by atoms with van der Waals surface area (Å²) in [5.74, 6) is 0.942. The maximum atomic E-state index is 12.9. The number of likely N-dealkylation sites (tertiary alicyclic amines) is 1. The zero-order chi connectivity index (χ0) is 17.4. The third-order valence-corrected chi connectivity index (χ3v) is 5.61. The van der Waals surface area contributed by atoms with Crippen LogP contribution in [0.25, 0.3) is 0 Å². The summed E-state index contributed by atoms with van der Waals surface area (Å²) in [6.45, 7) is 9.43. The highest BCUT2D eigenvalue weighted by Gasteiger charge is 2.26. The molecule has 1 aromatic carbocycles. The van der Waals surface area contributed by atoms with Gasteiger partial charge in [-0.1, -0.05) is 13.8 Å². The Morgan fingerprint density at radius 2 is 1.87 bits per heavy atom. The topological polar surface area (TPSA) is 80.5 Å². The molecular formula is C17H26N2O3S. The van der Waals surface area contributed by atoms with E-state index in [2.05, 4.69) is 13.8 Å². The van der Waals surface area contributed by atoms with Gasteiger partial charge in [-0.3, -0.25) is 4.79 Å². The van der Waals surface area contributed by atoms with Crippen LogP contribution < -0.4 is 5.14 Å². The van der Waals surface area contributed by atoms with Crippen molar-refractivity contribution in [1.82, 2.24) is 4.90 Å². The van der Waals surface area contributed by atoms with E-state index in [1.807, 2.05) is 11.8 Å². The van der Waals surface area contributed by atoms with Crippen LogP contribution in [0.15, 0.2) is 17.0 Å². The molecule has 1 saturated heterocycles. The van der Waals surface area contributed by atoms with Gasteiger partial charge in [0.2, 0.25) is 10.0 Å². The Morgan fingerprint density at radius 3 is 2.48 bits per heavy atom. The summed E-state index contributed by atoms with van der Waals surface area (Å²) in [6, 6.07) is 2.94. The second-order valence-corrected chi connectivity index (χ2v) is 8.51. The van der Waals surface area contributed by atoms with E-state index in [0.717, 1.165) is 24.0 Å². The van der Waals surface area contributed by atoms with E-state index >= 15 is 0 Å². The predicted octanol–water partition coefficient (Wildman–Crippen LogP) is 2.46. The van der Waals surface area contributed by atoms with Crippen LogP contribution in [0.5, 0.6) is 0 Å². The van der Waals surface area contributed by atoms with E-state index in [1.54, 1.807) is 6.92 Å². The minimum atomic E-state index is -3.83. The second-order valence-electron chi connectivity index (χ2n) is 6.94. The van der Waals surface area contributed by atoms with Crippen molar-refractivity contribution in [3.05, 3.63) is 28.8 Å². The molecule has 0 aromatic heterocycles. The first-order valence-electron chi connectivity index (χ1n) is 8.03. The largest absolute Gasteiger partial charge is 0.338 e. The number of aryl methyl sites for hydroxylation is 1. The van der Waals surface area contributed by atoms with E-state index in [1.165, 1.54) is 12.1 Å². The van der Waals surface area contributed by atoms with Crippen LogP contribution in [0.2, 0.25) is 0 Å². The van der Waals surface area contributed by atoms with Gasteiger partial charge in [-0.05, 0) is 61.8 Å². The van der Waals surface area contributed by atoms with Gasteiger partial charge in [0.25, 0.3) is 5.91 Å². The Hall–Kier alpha value is -1.40. The quantitative estimate of drug-likeness (QED) is 0.899. The SMILES string of the molecule is Cc1cc(S(N)(=O)=O)cc(C(=O)N2CC[C@H](C)C[C@@H](C)C2)c1C. The van der Waals surface area contributed by atoms with Gasteiger partial charge in [-0.15, -0.1) is 0 Å². The molecule has 1 aliphatic rings. The molecule has 0 aliphatic carbocycles. The lowest BCUT2D eigenvalue weighted by molar-refractivity contribution is 0.0743. The Morgan fingerprint density at radius 1 is 1.22 bits per heavy atom. The first-order valence-corrected chi connectivity index (χ1v) is 9.57. The Bertz CT molecular complexity index is 713. The highest BCUT2D eigenvalue weighted by Crippen LogP contribution is 2.25. The zero-order valence-corrected chi connectivity index (χ0v) is 15.1. The molecule has 2 atom stereocenters. The van der Waals surface area contributed by atoms with E-state index in [9.17, 15) is 13.2 Å². The van der Waals surface area contributed by atoms with Gasteiger partial charge < -0.3 is 4.90 Å². The second kappa shape index (κ2) is 6.61. The summed E-state index contributed by atoms with van der Waals surface area (Å²) in [5.41, 5.74) is 2.01. The molecule has 2 N–H and O–H groups in total. The number of primary sulfonamides is 1. The third-order valence-electron chi connectivity index (χ3n) is 4.72. The van der Waals surface area contributed by atoms with Gasteiger partial charge in [0.15, 0.2) is 0 Å². The van der Waals surface area contributed by atoms with Crippen LogP contribution in [0.3, 0.4) is 0 Å². The fraction of sp³-hybridized carbons (Fsp3) is 0.588. The van der Waals surface area contributed by atoms with Crippen LogP contribution in [0.4, 0.5) is 0 Å². The molecule has 1 heterocycles. The number of rotatable bonds is 2. The van der Waals surface area contributed by atoms with Crippen molar-refractivity contribution in [2.24, 2.45) is 17.0 Å². The van der Waals surface area contributed by atoms with Crippen LogP contribution in [0, 0.1) is 25.7 Å². The Kier molecular flexibility index (Phi) is 5.16. The third kappa shape index (κ3) is 4.12. The standard InChI is InChI=1S/C17H26N2O3S/c1-11-5-6-19(10-12(2)7-11)17(20)16-9-15(23(18,21)22)8-13(3)14(16)4/h8-9,11-12H,5-7,10H2,1-4H3,(H2,18,21,22)/t11-,12+/m0/s1. The molecule has 6 heteroatoms. The minimum Gasteiger partial charge on any atom is -0.338 e. The molecule has 0 radical (unpaired) electrons. The van der Waals surface area contributed by atoms with Crippen molar-refractivity contribution in [3.63, 3.8) is 0 Å². The number of carbonyl (C=O) groups is 1. The van der Waals surface area contributed by atoms with Crippen molar-refractivity contribution in [3.8, 4) is 0 Å². The molecule has 5 nitrogen and oxygen atoms in total. The normalized spacial score (nSPS) is 22.7. The number of nitrogens with zero attached hydrogens (tertiary/aromatic N) is 1. The Labute approximate surface area is 138 Å². The van der Waals surface area contributed by atoms with Gasteiger partial charge in [0.1, 0.15) is 0 Å². The van der Waals surface area contributed by atoms with Gasteiger partial charge in [-0.2, -0.15) is 0 Å². The van der Waals surface area contributed by atoms with E-state index in [0.29, 0.717) is 30.5 Å². The van der Waals surface area contributed by atoms with Gasteiger partial charge in [0.05, 0.1) is 4.90 Å². The first kappa shape index (κ1) is 17.9. The molecule has 2 rings (SSSR count). The number of hydrogen-bond donors (Lipinski definition) is 1. The van der Waals surface area contributed by atoms with Crippen molar-refractivity contribution in [2.75, 3.05) is 13.1 Å². The number of carbonyl (C=O) groups excluding carboxylic acids is 1. The minimum absolute atomic E-state index is 0.000175. The molecule has 23 heavy (non-hydrogen) atoms. The van der Waals surface area contributed by atoms with Crippen molar-refractivity contribution < 1.29 is 13.2 Å². The monoisotopic (exact) mass is 338 g/mol. The molecule has 0 bridgehead atoms. The summed E-state index contributed by atoms with van der Waals surface area (Å²) in [6.07, 6.45) is 2.09. The smallest absolute Gasteiger partial charge is 0.254 e. The van der Waals surface area contributed by atoms with Gasteiger partial charge in [-0.25, -0.2) is 13.6 Å². The highest BCUT2D eigenvalue weighted by molar-refractivity contribution is 7.89. The lowest BCUT2D eigenvalue weighted by Gasteiger charge is -2.24. The molecule has 0 saturated carbocycles. The lowest BCUT2D eigenvalue weighted by Crippen LogP contribution is -2.34. The van der Waals surface area contributed by atoms with Crippen LogP contribution in [-0.2, 0) is 10.0 Å². The maximum Gasteiger partial charge on any atom is 0.254 e.